The predicted molar refractivity (Wildman–Crippen MR) is 110 cm³/mol. The lowest BCUT2D eigenvalue weighted by atomic mass is 10.1. The van der Waals surface area contributed by atoms with Gasteiger partial charge in [0.05, 0.1) is 4.88 Å². The van der Waals surface area contributed by atoms with E-state index < -0.39 is 30.0 Å². The van der Waals surface area contributed by atoms with E-state index in [1.54, 1.807) is 24.3 Å². The first-order valence-electron chi connectivity index (χ1n) is 8.27. The zero-order chi connectivity index (χ0) is 21.8. The van der Waals surface area contributed by atoms with Crippen molar-refractivity contribution >= 4 is 46.5 Å². The summed E-state index contributed by atoms with van der Waals surface area (Å²) in [5.41, 5.74) is 0.195. The third-order valence-corrected chi connectivity index (χ3v) is 5.47. The molecule has 11 heteroatoms. The number of nitrogens with one attached hydrogen (secondary N) is 2. The van der Waals surface area contributed by atoms with E-state index in [4.69, 9.17) is 21.4 Å². The molecule has 1 amide bonds. The minimum atomic E-state index is -1.32. The maximum atomic E-state index is 12.3. The van der Waals surface area contributed by atoms with Crippen molar-refractivity contribution in [1.82, 2.24) is 4.98 Å². The van der Waals surface area contributed by atoms with Gasteiger partial charge in [0, 0.05) is 11.9 Å². The number of aromatic amines is 1. The molecule has 0 aliphatic rings. The molecule has 0 aliphatic heterocycles. The summed E-state index contributed by atoms with van der Waals surface area (Å²) in [7, 11) is 0. The first-order valence-corrected chi connectivity index (χ1v) is 9.47. The quantitative estimate of drug-likeness (QED) is 0.434. The first kappa shape index (κ1) is 21.1. The highest BCUT2D eigenvalue weighted by molar-refractivity contribution is 7.18. The Morgan fingerprint density at radius 2 is 1.93 bits per heavy atom. The van der Waals surface area contributed by atoms with E-state index in [0.717, 1.165) is 11.3 Å². The van der Waals surface area contributed by atoms with Crippen LogP contribution in [-0.4, -0.2) is 39.6 Å². The predicted octanol–water partition coefficient (Wildman–Crippen LogP) is 3.17. The molecule has 0 aliphatic carbocycles. The van der Waals surface area contributed by atoms with Gasteiger partial charge in [0.25, 0.3) is 11.5 Å². The third-order valence-electron chi connectivity index (χ3n) is 3.79. The van der Waals surface area contributed by atoms with Crippen molar-refractivity contribution in [3.63, 3.8) is 0 Å². The van der Waals surface area contributed by atoms with Crippen molar-refractivity contribution in [3.8, 4) is 16.2 Å². The number of aromatic carboxylic acids is 1. The summed E-state index contributed by atoms with van der Waals surface area (Å²) in [5, 5.41) is 20.7. The summed E-state index contributed by atoms with van der Waals surface area (Å²) in [4.78, 5) is 48.8. The van der Waals surface area contributed by atoms with Crippen molar-refractivity contribution in [2.24, 2.45) is 0 Å². The largest absolute Gasteiger partial charge is 0.479 e. The highest BCUT2D eigenvalue weighted by Gasteiger charge is 2.25. The summed E-state index contributed by atoms with van der Waals surface area (Å²) < 4.78 is 5.05. The highest BCUT2D eigenvalue weighted by atomic mass is 35.5. The Hall–Kier alpha value is -3.63. The van der Waals surface area contributed by atoms with Crippen molar-refractivity contribution in [1.29, 1.82) is 0 Å². The molecule has 0 radical (unpaired) electrons. The lowest BCUT2D eigenvalue weighted by molar-refractivity contribution is -0.139. The van der Waals surface area contributed by atoms with E-state index in [2.05, 4.69) is 10.3 Å². The van der Waals surface area contributed by atoms with Gasteiger partial charge in [0.2, 0.25) is 0 Å². The number of carbonyl (C=O) groups excluding carboxylic acids is 1. The van der Waals surface area contributed by atoms with Crippen LogP contribution in [0, 0.1) is 0 Å². The van der Waals surface area contributed by atoms with Crippen LogP contribution in [0.5, 0.6) is 5.75 Å². The molecule has 4 N–H and O–H groups in total. The number of carbonyl (C=O) groups is 3. The van der Waals surface area contributed by atoms with E-state index >= 15 is 0 Å². The van der Waals surface area contributed by atoms with Gasteiger partial charge < -0.3 is 25.3 Å². The van der Waals surface area contributed by atoms with E-state index in [1.165, 1.54) is 18.3 Å². The van der Waals surface area contributed by atoms with Crippen molar-refractivity contribution in [2.45, 2.75) is 0 Å². The topological polar surface area (TPSA) is 146 Å². The molecule has 2 heterocycles. The SMILES string of the molecule is O=C(O)COc1c(C(=O)O)sc(-c2cccc(NC(=O)c3ccc[nH]c3=O)c2)c1Cl. The molecular weight excluding hydrogens is 436 g/mol. The molecule has 1 aromatic carbocycles. The Kier molecular flexibility index (Phi) is 6.19. The minimum Gasteiger partial charge on any atom is -0.479 e. The smallest absolute Gasteiger partial charge is 0.349 e. The van der Waals surface area contributed by atoms with Crippen molar-refractivity contribution in [2.75, 3.05) is 11.9 Å². The van der Waals surface area contributed by atoms with Crippen molar-refractivity contribution < 1.29 is 29.3 Å². The van der Waals surface area contributed by atoms with Crippen LogP contribution in [0.3, 0.4) is 0 Å². The fraction of sp³-hybridized carbons (Fsp3) is 0.0526. The van der Waals surface area contributed by atoms with E-state index in [9.17, 15) is 24.3 Å². The number of halogens is 1. The molecule has 30 heavy (non-hydrogen) atoms. The van der Waals surface area contributed by atoms with Gasteiger partial charge in [-0.3, -0.25) is 9.59 Å². The second kappa shape index (κ2) is 8.80. The zero-order valence-corrected chi connectivity index (χ0v) is 16.5. The molecule has 0 saturated heterocycles. The molecule has 0 spiro atoms. The minimum absolute atomic E-state index is 0.0540. The van der Waals surface area contributed by atoms with Crippen molar-refractivity contribution in [3.05, 3.63) is 68.4 Å². The van der Waals surface area contributed by atoms with Crippen LogP contribution < -0.4 is 15.6 Å². The third kappa shape index (κ3) is 4.50. The Morgan fingerprint density at radius 3 is 2.60 bits per heavy atom. The number of aliphatic carboxylic acids is 1. The summed E-state index contributed by atoms with van der Waals surface area (Å²) in [5.74, 6) is -3.46. The number of carboxylic acids is 2. The molecule has 154 valence electrons. The maximum absolute atomic E-state index is 12.3. The Bertz CT molecular complexity index is 1200. The lowest BCUT2D eigenvalue weighted by Crippen LogP contribution is -2.22. The van der Waals surface area contributed by atoms with Gasteiger partial charge in [0.1, 0.15) is 10.6 Å². The van der Waals surface area contributed by atoms with Gasteiger partial charge in [-0.15, -0.1) is 11.3 Å². The van der Waals surface area contributed by atoms with Crippen LogP contribution in [-0.2, 0) is 4.79 Å². The number of rotatable bonds is 7. The van der Waals surface area contributed by atoms with Crippen LogP contribution in [0.4, 0.5) is 5.69 Å². The molecular formula is C19H13ClN2O7S. The summed E-state index contributed by atoms with van der Waals surface area (Å²) in [6, 6.07) is 9.26. The van der Waals surface area contributed by atoms with E-state index in [1.807, 2.05) is 0 Å². The molecule has 9 nitrogen and oxygen atoms in total. The van der Waals surface area contributed by atoms with Gasteiger partial charge in [-0.05, 0) is 29.8 Å². The van der Waals surface area contributed by atoms with E-state index in [-0.39, 0.29) is 21.2 Å². The Morgan fingerprint density at radius 1 is 1.17 bits per heavy atom. The van der Waals surface area contributed by atoms with Crippen LogP contribution in [0.25, 0.3) is 10.4 Å². The second-order valence-electron chi connectivity index (χ2n) is 5.84. The number of benzene rings is 1. The highest BCUT2D eigenvalue weighted by Crippen LogP contribution is 2.45. The number of carboxylic acid groups (broad SMARTS) is 2. The van der Waals surface area contributed by atoms with Crippen LogP contribution in [0.2, 0.25) is 5.02 Å². The molecule has 0 atom stereocenters. The molecule has 2 aromatic heterocycles. The van der Waals surface area contributed by atoms with Gasteiger partial charge in [-0.2, -0.15) is 0 Å². The number of H-pyrrole nitrogens is 1. The average molecular weight is 449 g/mol. The fourth-order valence-electron chi connectivity index (χ4n) is 2.52. The summed E-state index contributed by atoms with van der Waals surface area (Å²) in [6.07, 6.45) is 1.41. The van der Waals surface area contributed by atoms with Gasteiger partial charge >= 0.3 is 11.9 Å². The number of pyridine rings is 1. The number of hydrogen-bond acceptors (Lipinski definition) is 6. The first-order chi connectivity index (χ1) is 14.3. The molecule has 3 aromatic rings. The zero-order valence-electron chi connectivity index (χ0n) is 15.0. The van der Waals surface area contributed by atoms with Crippen LogP contribution in [0.1, 0.15) is 20.0 Å². The molecule has 3 rings (SSSR count). The monoisotopic (exact) mass is 448 g/mol. The van der Waals surface area contributed by atoms with Crippen LogP contribution in [0.15, 0.2) is 47.4 Å². The standard InChI is InChI=1S/C19H13ClN2O7S/c20-13-14(29-8-12(23)24)16(19(27)28)30-15(13)9-3-1-4-10(7-9)22-18(26)11-5-2-6-21-17(11)25/h1-7H,8H2,(H,21,25)(H,22,26)(H,23,24)(H,27,28). The number of hydrogen-bond donors (Lipinski definition) is 4. The van der Waals surface area contributed by atoms with Gasteiger partial charge in [-0.25, -0.2) is 9.59 Å². The summed E-state index contributed by atoms with van der Waals surface area (Å²) >= 11 is 7.07. The molecule has 0 saturated carbocycles. The number of anilines is 1. The average Bonchev–Trinajstić information content (AvgIpc) is 3.03. The Labute approximate surface area is 177 Å². The summed E-state index contributed by atoms with van der Waals surface area (Å²) in [6.45, 7) is -0.752. The Balaban J connectivity index is 1.94. The molecule has 0 bridgehead atoms. The molecule has 0 unspecified atom stereocenters. The number of thiophene rings is 1. The second-order valence-corrected chi connectivity index (χ2v) is 7.24. The maximum Gasteiger partial charge on any atom is 0.349 e. The fourth-order valence-corrected chi connectivity index (χ4v) is 3.92. The van der Waals surface area contributed by atoms with Gasteiger partial charge in [0.15, 0.2) is 17.2 Å². The van der Waals surface area contributed by atoms with Gasteiger partial charge in [-0.1, -0.05) is 23.7 Å². The normalized spacial score (nSPS) is 10.4. The number of ether oxygens (including phenoxy) is 1. The molecule has 0 fully saturated rings. The lowest BCUT2D eigenvalue weighted by Gasteiger charge is -2.07. The number of aromatic nitrogens is 1. The van der Waals surface area contributed by atoms with Crippen LogP contribution >= 0.6 is 22.9 Å². The number of amides is 1. The van der Waals surface area contributed by atoms with E-state index in [0.29, 0.717) is 16.1 Å².